The van der Waals surface area contributed by atoms with Crippen molar-refractivity contribution in [2.45, 2.75) is 57.7 Å². The molecule has 1 aliphatic carbocycles. The SMILES string of the molecule is COc1ccccc1CN(C(=O)c1cccs1)C(C(=O)NC1CCCCC1)c1ccccc1C. The first-order valence-electron chi connectivity index (χ1n) is 11.9. The zero-order valence-electron chi connectivity index (χ0n) is 19.8. The Morgan fingerprint density at radius 3 is 2.47 bits per heavy atom. The molecule has 0 radical (unpaired) electrons. The van der Waals surface area contributed by atoms with E-state index in [-0.39, 0.29) is 24.4 Å². The van der Waals surface area contributed by atoms with Crippen LogP contribution in [0.15, 0.2) is 66.0 Å². The van der Waals surface area contributed by atoms with Crippen molar-refractivity contribution in [3.05, 3.63) is 87.6 Å². The second-order valence-corrected chi connectivity index (χ2v) is 9.77. The van der Waals surface area contributed by atoms with E-state index in [1.807, 2.05) is 73.0 Å². The molecule has 1 aliphatic rings. The van der Waals surface area contributed by atoms with E-state index in [0.29, 0.717) is 10.6 Å². The van der Waals surface area contributed by atoms with E-state index in [1.165, 1.54) is 17.8 Å². The quantitative estimate of drug-likeness (QED) is 0.440. The van der Waals surface area contributed by atoms with E-state index in [9.17, 15) is 9.59 Å². The molecule has 1 atom stereocenters. The number of thiophene rings is 1. The van der Waals surface area contributed by atoms with Gasteiger partial charge in [0.1, 0.15) is 11.8 Å². The van der Waals surface area contributed by atoms with Crippen LogP contribution in [-0.4, -0.2) is 29.9 Å². The molecule has 1 saturated carbocycles. The Labute approximate surface area is 205 Å². The van der Waals surface area contributed by atoms with E-state index < -0.39 is 6.04 Å². The van der Waals surface area contributed by atoms with Crippen molar-refractivity contribution in [1.82, 2.24) is 10.2 Å². The van der Waals surface area contributed by atoms with E-state index in [4.69, 9.17) is 4.74 Å². The minimum Gasteiger partial charge on any atom is -0.496 e. The molecular formula is C28H32N2O3S. The fourth-order valence-electron chi connectivity index (χ4n) is 4.71. The summed E-state index contributed by atoms with van der Waals surface area (Å²) in [7, 11) is 1.62. The van der Waals surface area contributed by atoms with Gasteiger partial charge in [0, 0.05) is 11.6 Å². The molecule has 1 fully saturated rings. The maximum absolute atomic E-state index is 13.9. The highest BCUT2D eigenvalue weighted by atomic mass is 32.1. The lowest BCUT2D eigenvalue weighted by Crippen LogP contribution is -2.47. The summed E-state index contributed by atoms with van der Waals surface area (Å²) < 4.78 is 5.57. The number of amides is 2. The summed E-state index contributed by atoms with van der Waals surface area (Å²) in [4.78, 5) is 30.0. The molecule has 34 heavy (non-hydrogen) atoms. The largest absolute Gasteiger partial charge is 0.496 e. The molecule has 1 unspecified atom stereocenters. The molecular weight excluding hydrogens is 444 g/mol. The molecule has 2 aromatic carbocycles. The lowest BCUT2D eigenvalue weighted by Gasteiger charge is -2.34. The summed E-state index contributed by atoms with van der Waals surface area (Å²) in [5.74, 6) is 0.414. The molecule has 2 amide bonds. The van der Waals surface area contributed by atoms with E-state index in [2.05, 4.69) is 5.32 Å². The van der Waals surface area contributed by atoms with E-state index in [0.717, 1.165) is 42.4 Å². The van der Waals surface area contributed by atoms with Gasteiger partial charge in [-0.05, 0) is 48.4 Å². The summed E-state index contributed by atoms with van der Waals surface area (Å²) >= 11 is 1.39. The number of para-hydroxylation sites is 1. The highest BCUT2D eigenvalue weighted by Gasteiger charge is 2.35. The molecule has 178 valence electrons. The summed E-state index contributed by atoms with van der Waals surface area (Å²) in [6.45, 7) is 2.25. The summed E-state index contributed by atoms with van der Waals surface area (Å²) in [5, 5.41) is 5.17. The molecule has 0 bridgehead atoms. The Bertz CT molecular complexity index is 1110. The monoisotopic (exact) mass is 476 g/mol. The molecule has 6 heteroatoms. The second-order valence-electron chi connectivity index (χ2n) is 8.82. The van der Waals surface area contributed by atoms with Gasteiger partial charge in [-0.1, -0.05) is 67.8 Å². The Hall–Kier alpha value is -3.12. The lowest BCUT2D eigenvalue weighted by atomic mass is 9.93. The van der Waals surface area contributed by atoms with Crippen LogP contribution in [0.1, 0.15) is 64.5 Å². The number of aryl methyl sites for hydroxylation is 1. The van der Waals surface area contributed by atoms with Crippen molar-refractivity contribution in [2.24, 2.45) is 0 Å². The first kappa shape index (κ1) is 24.0. The fraction of sp³-hybridized carbons (Fsp3) is 0.357. The third-order valence-electron chi connectivity index (χ3n) is 6.52. The van der Waals surface area contributed by atoms with Crippen LogP contribution in [0.25, 0.3) is 0 Å². The first-order valence-corrected chi connectivity index (χ1v) is 12.8. The Morgan fingerprint density at radius 1 is 1.03 bits per heavy atom. The summed E-state index contributed by atoms with van der Waals surface area (Å²) in [6, 6.07) is 18.6. The number of benzene rings is 2. The van der Waals surface area contributed by atoms with Crippen molar-refractivity contribution in [1.29, 1.82) is 0 Å². The average Bonchev–Trinajstić information content (AvgIpc) is 3.40. The van der Waals surface area contributed by atoms with Crippen LogP contribution < -0.4 is 10.1 Å². The molecule has 0 saturated heterocycles. The van der Waals surface area contributed by atoms with Crippen LogP contribution in [-0.2, 0) is 11.3 Å². The Morgan fingerprint density at radius 2 is 1.76 bits per heavy atom. The van der Waals surface area contributed by atoms with Gasteiger partial charge in [-0.25, -0.2) is 0 Å². The fourth-order valence-corrected chi connectivity index (χ4v) is 5.39. The van der Waals surface area contributed by atoms with Gasteiger partial charge in [-0.15, -0.1) is 11.3 Å². The van der Waals surface area contributed by atoms with Crippen molar-refractivity contribution < 1.29 is 14.3 Å². The molecule has 5 nitrogen and oxygen atoms in total. The number of hydrogen-bond donors (Lipinski definition) is 1. The van der Waals surface area contributed by atoms with Gasteiger partial charge in [0.15, 0.2) is 0 Å². The third kappa shape index (κ3) is 5.50. The van der Waals surface area contributed by atoms with E-state index >= 15 is 0 Å². The zero-order chi connectivity index (χ0) is 23.9. The van der Waals surface area contributed by atoms with Crippen molar-refractivity contribution in [3.8, 4) is 5.75 Å². The number of nitrogens with zero attached hydrogens (tertiary/aromatic N) is 1. The smallest absolute Gasteiger partial charge is 0.265 e. The van der Waals surface area contributed by atoms with Crippen LogP contribution >= 0.6 is 11.3 Å². The number of ether oxygens (including phenoxy) is 1. The Kier molecular flexibility index (Phi) is 8.01. The third-order valence-corrected chi connectivity index (χ3v) is 7.38. The predicted molar refractivity (Wildman–Crippen MR) is 136 cm³/mol. The predicted octanol–water partition coefficient (Wildman–Crippen LogP) is 5.90. The highest BCUT2D eigenvalue weighted by Crippen LogP contribution is 2.31. The minimum atomic E-state index is -0.748. The van der Waals surface area contributed by atoms with Crippen LogP contribution in [0.2, 0.25) is 0 Å². The van der Waals surface area contributed by atoms with Crippen molar-refractivity contribution >= 4 is 23.2 Å². The average molecular weight is 477 g/mol. The van der Waals surface area contributed by atoms with Crippen molar-refractivity contribution in [2.75, 3.05) is 7.11 Å². The van der Waals surface area contributed by atoms with E-state index in [1.54, 1.807) is 12.0 Å². The highest BCUT2D eigenvalue weighted by molar-refractivity contribution is 7.12. The molecule has 4 rings (SSSR count). The van der Waals surface area contributed by atoms with Gasteiger partial charge in [0.25, 0.3) is 5.91 Å². The number of nitrogens with one attached hydrogen (secondary N) is 1. The first-order chi connectivity index (χ1) is 16.6. The molecule has 0 spiro atoms. The molecule has 3 aromatic rings. The standard InChI is InChI=1S/C28H32N2O3S/c1-20-11-6-8-15-23(20)26(27(31)29-22-13-4-3-5-14-22)30(28(32)25-17-10-18-34-25)19-21-12-7-9-16-24(21)33-2/h6-12,15-18,22,26H,3-5,13-14,19H2,1-2H3,(H,29,31). The van der Waals surface area contributed by atoms with Crippen molar-refractivity contribution in [3.63, 3.8) is 0 Å². The van der Waals surface area contributed by atoms with Gasteiger partial charge in [-0.2, -0.15) is 0 Å². The topological polar surface area (TPSA) is 58.6 Å². The number of methoxy groups -OCH3 is 1. The second kappa shape index (κ2) is 11.3. The molecule has 1 heterocycles. The van der Waals surface area contributed by atoms with Gasteiger partial charge in [0.2, 0.25) is 5.91 Å². The number of carbonyl (C=O) groups is 2. The summed E-state index contributed by atoms with van der Waals surface area (Å²) in [5.41, 5.74) is 2.69. The molecule has 1 N–H and O–H groups in total. The van der Waals surface area contributed by atoms with Gasteiger partial charge in [-0.3, -0.25) is 9.59 Å². The van der Waals surface area contributed by atoms with Crippen LogP contribution in [0.5, 0.6) is 5.75 Å². The zero-order valence-corrected chi connectivity index (χ0v) is 20.6. The molecule has 0 aliphatic heterocycles. The van der Waals surface area contributed by atoms with Gasteiger partial charge in [0.05, 0.1) is 18.5 Å². The van der Waals surface area contributed by atoms with Gasteiger partial charge >= 0.3 is 0 Å². The van der Waals surface area contributed by atoms with Crippen LogP contribution in [0, 0.1) is 6.92 Å². The number of rotatable bonds is 8. The number of carbonyl (C=O) groups excluding carboxylic acids is 2. The minimum absolute atomic E-state index is 0.124. The van der Waals surface area contributed by atoms with Crippen LogP contribution in [0.3, 0.4) is 0 Å². The van der Waals surface area contributed by atoms with Gasteiger partial charge < -0.3 is 15.0 Å². The normalized spacial score (nSPS) is 14.9. The lowest BCUT2D eigenvalue weighted by molar-refractivity contribution is -0.127. The number of hydrogen-bond acceptors (Lipinski definition) is 4. The van der Waals surface area contributed by atoms with Crippen LogP contribution in [0.4, 0.5) is 0 Å². The molecule has 1 aromatic heterocycles. The maximum Gasteiger partial charge on any atom is 0.265 e. The maximum atomic E-state index is 13.9. The summed E-state index contributed by atoms with van der Waals surface area (Å²) in [6.07, 6.45) is 5.43. The Balaban J connectivity index is 1.77.